The van der Waals surface area contributed by atoms with Gasteiger partial charge < -0.3 is 10.6 Å². The van der Waals surface area contributed by atoms with Crippen LogP contribution < -0.4 is 15.5 Å². The molecule has 1 aliphatic rings. The molecule has 5 nitrogen and oxygen atoms in total. The molecule has 0 unspecified atom stereocenters. The van der Waals surface area contributed by atoms with Crippen molar-refractivity contribution in [1.82, 2.24) is 0 Å². The van der Waals surface area contributed by atoms with Crippen LogP contribution in [0.3, 0.4) is 0 Å². The fourth-order valence-corrected chi connectivity index (χ4v) is 2.44. The van der Waals surface area contributed by atoms with Crippen molar-refractivity contribution in [3.63, 3.8) is 0 Å². The summed E-state index contributed by atoms with van der Waals surface area (Å²) in [7, 11) is 0. The lowest BCUT2D eigenvalue weighted by Crippen LogP contribution is -2.44. The average molecular weight is 313 g/mol. The highest BCUT2D eigenvalue weighted by atomic mass is 19.1. The van der Waals surface area contributed by atoms with Crippen molar-refractivity contribution < 1.29 is 14.0 Å². The number of nitrogens with one attached hydrogen (secondary N) is 2. The van der Waals surface area contributed by atoms with E-state index < -0.39 is 5.82 Å². The maximum atomic E-state index is 13.3. The molecule has 1 aliphatic heterocycles. The van der Waals surface area contributed by atoms with Crippen LogP contribution in [0.2, 0.25) is 0 Å². The predicted molar refractivity (Wildman–Crippen MR) is 87.1 cm³/mol. The summed E-state index contributed by atoms with van der Waals surface area (Å²) in [5.74, 6) is -0.933. The van der Waals surface area contributed by atoms with Gasteiger partial charge in [-0.2, -0.15) is 0 Å². The standard InChI is InChI=1S/C17H16FN3O2/c1-11-2-5-13(6-3-11)20-16(22)10-21-15-7-4-12(18)8-14(15)19-9-17(21)23/h2-8,19H,9-10H2,1H3,(H,20,22). The smallest absolute Gasteiger partial charge is 0.246 e. The lowest BCUT2D eigenvalue weighted by molar-refractivity contribution is -0.120. The number of fused-ring (bicyclic) bond motifs is 1. The SMILES string of the molecule is Cc1ccc(NC(=O)CN2C(=O)CNc3cc(F)ccc32)cc1. The van der Waals surface area contributed by atoms with Gasteiger partial charge in [-0.25, -0.2) is 4.39 Å². The fraction of sp³-hybridized carbons (Fsp3) is 0.176. The normalized spacial score (nSPS) is 13.3. The molecule has 0 bridgehead atoms. The van der Waals surface area contributed by atoms with E-state index >= 15 is 0 Å². The summed E-state index contributed by atoms with van der Waals surface area (Å²) in [5, 5.41) is 5.60. The predicted octanol–water partition coefficient (Wildman–Crippen LogP) is 2.53. The van der Waals surface area contributed by atoms with E-state index in [0.29, 0.717) is 17.1 Å². The Bertz CT molecular complexity index is 759. The third-order valence-corrected chi connectivity index (χ3v) is 3.62. The van der Waals surface area contributed by atoms with Crippen molar-refractivity contribution in [3.05, 3.63) is 53.8 Å². The van der Waals surface area contributed by atoms with Crippen LogP contribution in [-0.4, -0.2) is 24.9 Å². The Balaban J connectivity index is 1.75. The molecule has 2 aromatic rings. The number of benzene rings is 2. The highest BCUT2D eigenvalue weighted by Gasteiger charge is 2.26. The zero-order valence-corrected chi connectivity index (χ0v) is 12.6. The molecule has 0 fully saturated rings. The number of anilines is 3. The lowest BCUT2D eigenvalue weighted by atomic mass is 10.2. The average Bonchev–Trinajstić information content (AvgIpc) is 2.52. The van der Waals surface area contributed by atoms with Crippen LogP contribution >= 0.6 is 0 Å². The Kier molecular flexibility index (Phi) is 3.97. The summed E-state index contributed by atoms with van der Waals surface area (Å²) in [4.78, 5) is 25.6. The molecular formula is C17H16FN3O2. The van der Waals surface area contributed by atoms with Crippen molar-refractivity contribution in [2.75, 3.05) is 28.6 Å². The monoisotopic (exact) mass is 313 g/mol. The van der Waals surface area contributed by atoms with Gasteiger partial charge in [0.1, 0.15) is 12.4 Å². The fourth-order valence-electron chi connectivity index (χ4n) is 2.44. The summed E-state index contributed by atoms with van der Waals surface area (Å²) in [6.07, 6.45) is 0. The number of aryl methyl sites for hydroxylation is 1. The maximum absolute atomic E-state index is 13.3. The minimum atomic E-state index is -0.394. The number of amides is 2. The van der Waals surface area contributed by atoms with E-state index in [1.807, 2.05) is 19.1 Å². The van der Waals surface area contributed by atoms with Crippen LogP contribution in [0, 0.1) is 12.7 Å². The first-order chi connectivity index (χ1) is 11.0. The molecule has 0 saturated heterocycles. The van der Waals surface area contributed by atoms with Crippen LogP contribution in [-0.2, 0) is 9.59 Å². The largest absolute Gasteiger partial charge is 0.374 e. The Hall–Kier alpha value is -2.89. The number of hydrogen-bond donors (Lipinski definition) is 2. The second-order valence-corrected chi connectivity index (χ2v) is 5.41. The molecule has 1 heterocycles. The van der Waals surface area contributed by atoms with Gasteiger partial charge in [0, 0.05) is 5.69 Å². The third kappa shape index (κ3) is 3.31. The first-order valence-corrected chi connectivity index (χ1v) is 7.23. The third-order valence-electron chi connectivity index (χ3n) is 3.62. The summed E-state index contributed by atoms with van der Waals surface area (Å²) in [6, 6.07) is 11.5. The van der Waals surface area contributed by atoms with Crippen LogP contribution in [0.4, 0.5) is 21.5 Å². The molecule has 2 amide bonds. The molecule has 2 aromatic carbocycles. The summed E-state index contributed by atoms with van der Waals surface area (Å²) >= 11 is 0. The first-order valence-electron chi connectivity index (χ1n) is 7.23. The second kappa shape index (κ2) is 6.08. The van der Waals surface area contributed by atoms with Gasteiger partial charge in [-0.1, -0.05) is 17.7 Å². The van der Waals surface area contributed by atoms with Gasteiger partial charge in [0.15, 0.2) is 0 Å². The van der Waals surface area contributed by atoms with Crippen LogP contribution in [0.5, 0.6) is 0 Å². The van der Waals surface area contributed by atoms with Gasteiger partial charge in [0.2, 0.25) is 11.8 Å². The minimum Gasteiger partial charge on any atom is -0.374 e. The van der Waals surface area contributed by atoms with Gasteiger partial charge in [-0.15, -0.1) is 0 Å². The van der Waals surface area contributed by atoms with E-state index in [1.165, 1.54) is 23.1 Å². The molecular weight excluding hydrogens is 297 g/mol. The molecule has 3 rings (SSSR count). The van der Waals surface area contributed by atoms with Crippen LogP contribution in [0.1, 0.15) is 5.56 Å². The van der Waals surface area contributed by atoms with E-state index in [0.717, 1.165) is 5.56 Å². The van der Waals surface area contributed by atoms with Crippen molar-refractivity contribution in [1.29, 1.82) is 0 Å². The van der Waals surface area contributed by atoms with Crippen molar-refractivity contribution in [2.24, 2.45) is 0 Å². The molecule has 2 N–H and O–H groups in total. The van der Waals surface area contributed by atoms with E-state index in [4.69, 9.17) is 0 Å². The van der Waals surface area contributed by atoms with E-state index in [9.17, 15) is 14.0 Å². The molecule has 0 saturated carbocycles. The zero-order chi connectivity index (χ0) is 16.4. The van der Waals surface area contributed by atoms with Crippen LogP contribution in [0.25, 0.3) is 0 Å². The number of carbonyl (C=O) groups is 2. The number of halogens is 1. The molecule has 0 radical (unpaired) electrons. The molecule has 0 aliphatic carbocycles. The molecule has 0 spiro atoms. The topological polar surface area (TPSA) is 61.4 Å². The number of hydrogen-bond acceptors (Lipinski definition) is 3. The Morgan fingerprint density at radius 3 is 2.74 bits per heavy atom. The molecule has 0 atom stereocenters. The number of rotatable bonds is 3. The highest BCUT2D eigenvalue weighted by Crippen LogP contribution is 2.29. The summed E-state index contributed by atoms with van der Waals surface area (Å²) in [5.41, 5.74) is 2.77. The van der Waals surface area contributed by atoms with Gasteiger partial charge in [-0.3, -0.25) is 14.5 Å². The van der Waals surface area contributed by atoms with E-state index in [-0.39, 0.29) is 24.9 Å². The van der Waals surface area contributed by atoms with Gasteiger partial charge in [0.05, 0.1) is 17.9 Å². The lowest BCUT2D eigenvalue weighted by Gasteiger charge is -2.29. The molecule has 6 heteroatoms. The van der Waals surface area contributed by atoms with E-state index in [2.05, 4.69) is 10.6 Å². The molecule has 23 heavy (non-hydrogen) atoms. The van der Waals surface area contributed by atoms with Gasteiger partial charge in [0.25, 0.3) is 0 Å². The second-order valence-electron chi connectivity index (χ2n) is 5.41. The summed E-state index contributed by atoms with van der Waals surface area (Å²) < 4.78 is 13.3. The maximum Gasteiger partial charge on any atom is 0.246 e. The van der Waals surface area contributed by atoms with Gasteiger partial charge in [-0.05, 0) is 37.3 Å². The minimum absolute atomic E-state index is 0.0360. The zero-order valence-electron chi connectivity index (χ0n) is 12.6. The van der Waals surface area contributed by atoms with Gasteiger partial charge >= 0.3 is 0 Å². The Morgan fingerprint density at radius 1 is 1.26 bits per heavy atom. The molecule has 0 aromatic heterocycles. The molecule has 118 valence electrons. The highest BCUT2D eigenvalue weighted by molar-refractivity contribution is 6.07. The summed E-state index contributed by atoms with van der Waals surface area (Å²) in [6.45, 7) is 1.88. The number of nitrogens with zero attached hydrogens (tertiary/aromatic N) is 1. The van der Waals surface area contributed by atoms with Crippen molar-refractivity contribution in [2.45, 2.75) is 6.92 Å². The number of carbonyl (C=O) groups excluding carboxylic acids is 2. The van der Waals surface area contributed by atoms with E-state index in [1.54, 1.807) is 12.1 Å². The Morgan fingerprint density at radius 2 is 2.00 bits per heavy atom. The van der Waals surface area contributed by atoms with Crippen LogP contribution in [0.15, 0.2) is 42.5 Å². The quantitative estimate of drug-likeness (QED) is 0.915. The first kappa shape index (κ1) is 15.0. The van der Waals surface area contributed by atoms with Crippen molar-refractivity contribution >= 4 is 28.9 Å². The van der Waals surface area contributed by atoms with Crippen molar-refractivity contribution in [3.8, 4) is 0 Å². The Labute approximate surface area is 133 Å².